The third-order valence-corrected chi connectivity index (χ3v) is 3.59. The van der Waals surface area contributed by atoms with E-state index in [4.69, 9.17) is 0 Å². The molecule has 0 aliphatic carbocycles. The number of benzene rings is 1. The van der Waals surface area contributed by atoms with Gasteiger partial charge in [0.1, 0.15) is 12.0 Å². The number of amides is 1. The van der Waals surface area contributed by atoms with Crippen LogP contribution in [0.1, 0.15) is 16.1 Å². The van der Waals surface area contributed by atoms with Crippen molar-refractivity contribution in [3.63, 3.8) is 0 Å². The normalized spacial score (nSPS) is 10.1. The molecule has 10 heteroatoms. The molecule has 2 heterocycles. The number of nitro groups is 1. The molecular formula is C17H15N7O3. The van der Waals surface area contributed by atoms with Gasteiger partial charge in [-0.15, -0.1) is 0 Å². The molecule has 0 fully saturated rings. The van der Waals surface area contributed by atoms with Crippen molar-refractivity contribution in [3.05, 3.63) is 76.4 Å². The lowest BCUT2D eigenvalue weighted by molar-refractivity contribution is -0.383. The fraction of sp³-hybridized carbons (Fsp3) is 0.0588. The number of anilines is 3. The number of rotatable bonds is 6. The van der Waals surface area contributed by atoms with E-state index < -0.39 is 16.5 Å². The highest BCUT2D eigenvalue weighted by atomic mass is 16.6. The van der Waals surface area contributed by atoms with Crippen molar-refractivity contribution in [2.24, 2.45) is 0 Å². The highest BCUT2D eigenvalue weighted by Gasteiger charge is 2.24. The Morgan fingerprint density at radius 1 is 1.04 bits per heavy atom. The van der Waals surface area contributed by atoms with Crippen molar-refractivity contribution in [2.75, 3.05) is 10.7 Å². The minimum Gasteiger partial charge on any atom is -0.334 e. The number of pyridine rings is 1. The van der Waals surface area contributed by atoms with Crippen LogP contribution in [0.25, 0.3) is 0 Å². The number of hydrogen-bond donors (Lipinski definition) is 3. The summed E-state index contributed by atoms with van der Waals surface area (Å²) in [5.74, 6) is -0.717. The average Bonchev–Trinajstić information content (AvgIpc) is 2.68. The van der Waals surface area contributed by atoms with Gasteiger partial charge in [-0.1, -0.05) is 24.3 Å². The van der Waals surface area contributed by atoms with E-state index in [0.717, 1.165) is 11.9 Å². The molecule has 0 aliphatic rings. The van der Waals surface area contributed by atoms with Gasteiger partial charge in [0.25, 0.3) is 5.91 Å². The van der Waals surface area contributed by atoms with Gasteiger partial charge in [-0.3, -0.25) is 30.7 Å². The molecule has 0 aliphatic heterocycles. The van der Waals surface area contributed by atoms with Crippen LogP contribution in [0.2, 0.25) is 0 Å². The Hall–Kier alpha value is -4.08. The largest absolute Gasteiger partial charge is 0.355 e. The number of hydrogen-bond acceptors (Lipinski definition) is 8. The summed E-state index contributed by atoms with van der Waals surface area (Å²) in [4.78, 5) is 34.7. The summed E-state index contributed by atoms with van der Waals surface area (Å²) in [6.07, 6.45) is 2.62. The van der Waals surface area contributed by atoms with Gasteiger partial charge in [0.05, 0.1) is 4.92 Å². The van der Waals surface area contributed by atoms with Crippen LogP contribution in [0.3, 0.4) is 0 Å². The number of nitrogens with one attached hydrogen (secondary N) is 3. The smallest absolute Gasteiger partial charge is 0.334 e. The second-order valence-corrected chi connectivity index (χ2v) is 5.41. The fourth-order valence-corrected chi connectivity index (χ4v) is 2.25. The number of aromatic nitrogens is 3. The van der Waals surface area contributed by atoms with E-state index in [-0.39, 0.29) is 17.3 Å². The Morgan fingerprint density at radius 2 is 1.78 bits per heavy atom. The molecule has 1 aromatic carbocycles. The predicted molar refractivity (Wildman–Crippen MR) is 98.5 cm³/mol. The molecule has 3 N–H and O–H groups in total. The van der Waals surface area contributed by atoms with E-state index in [0.29, 0.717) is 5.69 Å². The van der Waals surface area contributed by atoms with Crippen molar-refractivity contribution in [1.29, 1.82) is 0 Å². The second kappa shape index (κ2) is 7.87. The molecule has 1 amide bonds. The topological polar surface area (TPSA) is 135 Å². The van der Waals surface area contributed by atoms with Crippen molar-refractivity contribution in [2.45, 2.75) is 6.92 Å². The highest BCUT2D eigenvalue weighted by molar-refractivity contribution is 5.93. The number of carbonyl (C=O) groups is 1. The standard InChI is InChI=1S/C17H15N7O3/c1-11-6-2-3-7-12(11)21-15-14(24(26)27)16(20-10-19-15)22-23-17(25)13-8-4-5-9-18-13/h2-10H,1H3,(H,23,25)(H2,19,20,21,22). The van der Waals surface area contributed by atoms with E-state index in [2.05, 4.69) is 31.1 Å². The number of para-hydroxylation sites is 1. The van der Waals surface area contributed by atoms with Gasteiger partial charge >= 0.3 is 5.69 Å². The molecule has 0 bridgehead atoms. The van der Waals surface area contributed by atoms with Gasteiger partial charge < -0.3 is 5.32 Å². The SMILES string of the molecule is Cc1ccccc1Nc1ncnc(NNC(=O)c2ccccn2)c1[N+](=O)[O-]. The third-order valence-electron chi connectivity index (χ3n) is 3.59. The van der Waals surface area contributed by atoms with Crippen molar-refractivity contribution in [3.8, 4) is 0 Å². The third kappa shape index (κ3) is 4.12. The minimum atomic E-state index is -0.629. The number of aryl methyl sites for hydroxylation is 1. The van der Waals surface area contributed by atoms with Gasteiger partial charge in [0.2, 0.25) is 11.6 Å². The Balaban J connectivity index is 1.84. The second-order valence-electron chi connectivity index (χ2n) is 5.41. The first-order valence-electron chi connectivity index (χ1n) is 7.85. The van der Waals surface area contributed by atoms with Gasteiger partial charge in [0.15, 0.2) is 0 Å². The molecule has 0 unspecified atom stereocenters. The van der Waals surface area contributed by atoms with Crippen molar-refractivity contribution >= 4 is 28.9 Å². The number of nitrogens with zero attached hydrogens (tertiary/aromatic N) is 4. The first-order valence-corrected chi connectivity index (χ1v) is 7.85. The van der Waals surface area contributed by atoms with Crippen LogP contribution in [-0.4, -0.2) is 25.8 Å². The van der Waals surface area contributed by atoms with Gasteiger partial charge in [-0.05, 0) is 30.7 Å². The van der Waals surface area contributed by atoms with Crippen LogP contribution in [0.15, 0.2) is 55.0 Å². The summed E-state index contributed by atoms with van der Waals surface area (Å²) in [5, 5.41) is 14.5. The summed E-state index contributed by atoms with van der Waals surface area (Å²) < 4.78 is 0. The number of hydrazine groups is 1. The quantitative estimate of drug-likeness (QED) is 0.448. The highest BCUT2D eigenvalue weighted by Crippen LogP contribution is 2.31. The van der Waals surface area contributed by atoms with E-state index in [1.54, 1.807) is 24.3 Å². The van der Waals surface area contributed by atoms with Crippen molar-refractivity contribution < 1.29 is 9.72 Å². The Bertz CT molecular complexity index is 979. The van der Waals surface area contributed by atoms with E-state index >= 15 is 0 Å². The zero-order valence-corrected chi connectivity index (χ0v) is 14.2. The molecule has 10 nitrogen and oxygen atoms in total. The molecule has 0 atom stereocenters. The summed E-state index contributed by atoms with van der Waals surface area (Å²) >= 11 is 0. The fourth-order valence-electron chi connectivity index (χ4n) is 2.25. The summed E-state index contributed by atoms with van der Waals surface area (Å²) in [7, 11) is 0. The molecule has 0 radical (unpaired) electrons. The lowest BCUT2D eigenvalue weighted by Gasteiger charge is -2.11. The lowest BCUT2D eigenvalue weighted by atomic mass is 10.2. The lowest BCUT2D eigenvalue weighted by Crippen LogP contribution is -2.31. The van der Waals surface area contributed by atoms with E-state index in [1.165, 1.54) is 12.3 Å². The van der Waals surface area contributed by atoms with Crippen LogP contribution >= 0.6 is 0 Å². The summed E-state index contributed by atoms with van der Waals surface area (Å²) in [5.41, 5.74) is 6.11. The van der Waals surface area contributed by atoms with Gasteiger partial charge in [-0.25, -0.2) is 9.97 Å². The zero-order valence-electron chi connectivity index (χ0n) is 14.2. The van der Waals surface area contributed by atoms with Crippen molar-refractivity contribution in [1.82, 2.24) is 20.4 Å². The van der Waals surface area contributed by atoms with Crippen LogP contribution in [0, 0.1) is 17.0 Å². The molecule has 2 aromatic heterocycles. The van der Waals surface area contributed by atoms with Gasteiger partial charge in [0, 0.05) is 11.9 Å². The average molecular weight is 365 g/mol. The first kappa shape index (κ1) is 17.7. The van der Waals surface area contributed by atoms with Crippen LogP contribution in [0.5, 0.6) is 0 Å². The Labute approximate surface area is 153 Å². The minimum absolute atomic E-state index is 0.00103. The first-order chi connectivity index (χ1) is 13.1. The maximum absolute atomic E-state index is 12.1. The monoisotopic (exact) mass is 365 g/mol. The molecule has 0 saturated heterocycles. The molecule has 27 heavy (non-hydrogen) atoms. The van der Waals surface area contributed by atoms with Crippen LogP contribution in [-0.2, 0) is 0 Å². The summed E-state index contributed by atoms with van der Waals surface area (Å²) in [6, 6.07) is 12.1. The maximum Gasteiger partial charge on any atom is 0.355 e. The molecule has 3 aromatic rings. The predicted octanol–water partition coefficient (Wildman–Crippen LogP) is 2.59. The van der Waals surface area contributed by atoms with E-state index in [1.807, 2.05) is 19.1 Å². The molecule has 0 saturated carbocycles. The van der Waals surface area contributed by atoms with E-state index in [9.17, 15) is 14.9 Å². The zero-order chi connectivity index (χ0) is 19.2. The Kier molecular flexibility index (Phi) is 5.17. The molecular weight excluding hydrogens is 350 g/mol. The molecule has 3 rings (SSSR count). The van der Waals surface area contributed by atoms with Crippen LogP contribution in [0.4, 0.5) is 23.0 Å². The molecule has 136 valence electrons. The Morgan fingerprint density at radius 3 is 2.48 bits per heavy atom. The molecule has 0 spiro atoms. The maximum atomic E-state index is 12.1. The van der Waals surface area contributed by atoms with Gasteiger partial charge in [-0.2, -0.15) is 0 Å². The number of carbonyl (C=O) groups excluding carboxylic acids is 1. The van der Waals surface area contributed by atoms with Crippen LogP contribution < -0.4 is 16.2 Å². The summed E-state index contributed by atoms with van der Waals surface area (Å²) in [6.45, 7) is 1.86.